The number of piperazine rings is 1. The quantitative estimate of drug-likeness (QED) is 0.642. The van der Waals surface area contributed by atoms with Crippen molar-refractivity contribution >= 4 is 6.03 Å². The predicted octanol–water partition coefficient (Wildman–Crippen LogP) is 1.62. The molecule has 0 spiro atoms. The largest absolute Gasteiger partial charge is 0.325 e. The lowest BCUT2D eigenvalue weighted by molar-refractivity contribution is 0.0603. The van der Waals surface area contributed by atoms with Gasteiger partial charge < -0.3 is 9.80 Å². The van der Waals surface area contributed by atoms with E-state index in [1.165, 1.54) is 19.3 Å². The number of piperidine rings is 1. The molecule has 0 radical (unpaired) electrons. The van der Waals surface area contributed by atoms with Gasteiger partial charge in [0.05, 0.1) is 0 Å². The third-order valence-corrected chi connectivity index (χ3v) is 4.26. The molecule has 17 heavy (non-hydrogen) atoms. The molecule has 2 heterocycles. The highest BCUT2D eigenvalue weighted by atomic mass is 16.2. The molecule has 0 bridgehead atoms. The lowest BCUT2D eigenvalue weighted by atomic mass is 10.1. The summed E-state index contributed by atoms with van der Waals surface area (Å²) in [7, 11) is 2.15. The van der Waals surface area contributed by atoms with Crippen LogP contribution in [0.2, 0.25) is 0 Å². The van der Waals surface area contributed by atoms with Gasteiger partial charge >= 0.3 is 6.03 Å². The van der Waals surface area contributed by atoms with Crippen molar-refractivity contribution in [2.24, 2.45) is 0 Å². The standard InChI is InChI=1S/C13H25N3O/c1-11-9-16(10-12(2)14(11)3)13(17)15-7-5-4-6-8-15/h11-12H,4-10H2,1-3H3. The third-order valence-electron chi connectivity index (χ3n) is 4.26. The van der Waals surface area contributed by atoms with E-state index >= 15 is 0 Å². The van der Waals surface area contributed by atoms with Crippen LogP contribution in [0.15, 0.2) is 0 Å². The number of likely N-dealkylation sites (tertiary alicyclic amines) is 1. The maximum absolute atomic E-state index is 12.4. The minimum Gasteiger partial charge on any atom is -0.325 e. The zero-order valence-corrected chi connectivity index (χ0v) is 11.4. The fraction of sp³-hybridized carbons (Fsp3) is 0.923. The molecule has 2 saturated heterocycles. The topological polar surface area (TPSA) is 26.8 Å². The summed E-state index contributed by atoms with van der Waals surface area (Å²) < 4.78 is 0. The van der Waals surface area contributed by atoms with E-state index in [2.05, 4.69) is 25.8 Å². The number of hydrogen-bond acceptors (Lipinski definition) is 2. The van der Waals surface area contributed by atoms with E-state index in [1.807, 2.05) is 9.80 Å². The van der Waals surface area contributed by atoms with E-state index < -0.39 is 0 Å². The Kier molecular flexibility index (Phi) is 3.92. The van der Waals surface area contributed by atoms with Crippen LogP contribution in [0.3, 0.4) is 0 Å². The lowest BCUT2D eigenvalue weighted by Gasteiger charge is -2.44. The fourth-order valence-electron chi connectivity index (χ4n) is 2.85. The van der Waals surface area contributed by atoms with E-state index in [0.717, 1.165) is 26.2 Å². The molecule has 4 nitrogen and oxygen atoms in total. The van der Waals surface area contributed by atoms with Crippen molar-refractivity contribution in [1.82, 2.24) is 14.7 Å². The number of carbonyl (C=O) groups excluding carboxylic acids is 1. The van der Waals surface area contributed by atoms with Gasteiger partial charge in [-0.2, -0.15) is 0 Å². The Morgan fingerprint density at radius 3 is 2.00 bits per heavy atom. The molecule has 2 aliphatic rings. The van der Waals surface area contributed by atoms with Gasteiger partial charge in [-0.05, 0) is 40.2 Å². The number of rotatable bonds is 0. The van der Waals surface area contributed by atoms with Gasteiger partial charge in [0.15, 0.2) is 0 Å². The van der Waals surface area contributed by atoms with Gasteiger partial charge in [-0.25, -0.2) is 4.79 Å². The number of carbonyl (C=O) groups is 1. The van der Waals surface area contributed by atoms with E-state index in [9.17, 15) is 4.79 Å². The normalized spacial score (nSPS) is 31.7. The SMILES string of the molecule is CC1CN(C(=O)N2CCCCC2)CC(C)N1C. The molecular formula is C13H25N3O. The van der Waals surface area contributed by atoms with Gasteiger partial charge in [0.2, 0.25) is 0 Å². The predicted molar refractivity (Wildman–Crippen MR) is 69.1 cm³/mol. The summed E-state index contributed by atoms with van der Waals surface area (Å²) in [6, 6.07) is 1.19. The van der Waals surface area contributed by atoms with Gasteiger partial charge in [0.25, 0.3) is 0 Å². The minimum atomic E-state index is 0.261. The summed E-state index contributed by atoms with van der Waals surface area (Å²) in [5, 5.41) is 0. The summed E-state index contributed by atoms with van der Waals surface area (Å²) in [5.74, 6) is 0. The van der Waals surface area contributed by atoms with Crippen LogP contribution in [0.4, 0.5) is 4.79 Å². The average Bonchev–Trinajstić information content (AvgIpc) is 2.35. The molecule has 2 rings (SSSR count). The Hall–Kier alpha value is -0.770. The molecule has 2 atom stereocenters. The van der Waals surface area contributed by atoms with Gasteiger partial charge in [0.1, 0.15) is 0 Å². The van der Waals surface area contributed by atoms with Crippen LogP contribution in [0.25, 0.3) is 0 Å². The summed E-state index contributed by atoms with van der Waals surface area (Å²) in [6.45, 7) is 8.05. The molecule has 98 valence electrons. The molecule has 2 unspecified atom stereocenters. The van der Waals surface area contributed by atoms with Crippen LogP contribution in [0.5, 0.6) is 0 Å². The Morgan fingerprint density at radius 1 is 0.941 bits per heavy atom. The molecule has 2 amide bonds. The number of nitrogens with zero attached hydrogens (tertiary/aromatic N) is 3. The summed E-state index contributed by atoms with van der Waals surface area (Å²) in [4.78, 5) is 18.8. The zero-order valence-electron chi connectivity index (χ0n) is 11.4. The monoisotopic (exact) mass is 239 g/mol. The fourth-order valence-corrected chi connectivity index (χ4v) is 2.85. The second-order valence-corrected chi connectivity index (χ2v) is 5.60. The first kappa shape index (κ1) is 12.7. The number of likely N-dealkylation sites (N-methyl/N-ethyl adjacent to an activating group) is 1. The summed E-state index contributed by atoms with van der Waals surface area (Å²) in [6.07, 6.45) is 3.62. The molecule has 0 aromatic heterocycles. The molecule has 0 aromatic carbocycles. The van der Waals surface area contributed by atoms with Crippen LogP contribution >= 0.6 is 0 Å². The van der Waals surface area contributed by atoms with Gasteiger partial charge in [-0.3, -0.25) is 4.90 Å². The Morgan fingerprint density at radius 2 is 1.47 bits per heavy atom. The second kappa shape index (κ2) is 5.25. The molecule has 2 aliphatic heterocycles. The first-order valence-corrected chi connectivity index (χ1v) is 6.85. The number of hydrogen-bond donors (Lipinski definition) is 0. The molecule has 2 fully saturated rings. The van der Waals surface area contributed by atoms with Crippen LogP contribution in [0, 0.1) is 0 Å². The van der Waals surface area contributed by atoms with Crippen LogP contribution < -0.4 is 0 Å². The maximum Gasteiger partial charge on any atom is 0.320 e. The summed E-state index contributed by atoms with van der Waals surface area (Å²) in [5.41, 5.74) is 0. The first-order valence-electron chi connectivity index (χ1n) is 6.85. The van der Waals surface area contributed by atoms with Crippen molar-refractivity contribution in [2.45, 2.75) is 45.2 Å². The highest BCUT2D eigenvalue weighted by molar-refractivity contribution is 5.74. The Balaban J connectivity index is 1.95. The Bertz CT molecular complexity index is 264. The summed E-state index contributed by atoms with van der Waals surface area (Å²) >= 11 is 0. The molecule has 0 N–H and O–H groups in total. The molecule has 0 aliphatic carbocycles. The van der Waals surface area contributed by atoms with E-state index in [0.29, 0.717) is 12.1 Å². The van der Waals surface area contributed by atoms with Crippen molar-refractivity contribution in [1.29, 1.82) is 0 Å². The van der Waals surface area contributed by atoms with Crippen LogP contribution in [0.1, 0.15) is 33.1 Å². The average molecular weight is 239 g/mol. The minimum absolute atomic E-state index is 0.261. The lowest BCUT2D eigenvalue weighted by Crippen LogP contribution is -2.59. The van der Waals surface area contributed by atoms with E-state index in [4.69, 9.17) is 0 Å². The van der Waals surface area contributed by atoms with E-state index in [-0.39, 0.29) is 6.03 Å². The van der Waals surface area contributed by atoms with E-state index in [1.54, 1.807) is 0 Å². The van der Waals surface area contributed by atoms with Crippen molar-refractivity contribution in [2.75, 3.05) is 33.2 Å². The van der Waals surface area contributed by atoms with Crippen molar-refractivity contribution in [3.8, 4) is 0 Å². The van der Waals surface area contributed by atoms with Crippen LogP contribution in [-0.4, -0.2) is 66.0 Å². The molecular weight excluding hydrogens is 214 g/mol. The highest BCUT2D eigenvalue weighted by Gasteiger charge is 2.31. The van der Waals surface area contributed by atoms with Gasteiger partial charge in [-0.15, -0.1) is 0 Å². The maximum atomic E-state index is 12.4. The van der Waals surface area contributed by atoms with Crippen molar-refractivity contribution < 1.29 is 4.79 Å². The zero-order chi connectivity index (χ0) is 12.4. The first-order chi connectivity index (χ1) is 8.09. The van der Waals surface area contributed by atoms with Gasteiger partial charge in [-0.1, -0.05) is 0 Å². The second-order valence-electron chi connectivity index (χ2n) is 5.60. The van der Waals surface area contributed by atoms with Gasteiger partial charge in [0, 0.05) is 38.3 Å². The molecule has 4 heteroatoms. The van der Waals surface area contributed by atoms with Crippen LogP contribution in [-0.2, 0) is 0 Å². The van der Waals surface area contributed by atoms with Crippen molar-refractivity contribution in [3.63, 3.8) is 0 Å². The molecule has 0 aromatic rings. The number of urea groups is 1. The molecule has 0 saturated carbocycles. The van der Waals surface area contributed by atoms with Crippen molar-refractivity contribution in [3.05, 3.63) is 0 Å². The highest BCUT2D eigenvalue weighted by Crippen LogP contribution is 2.17. The third kappa shape index (κ3) is 2.73. The number of amides is 2. The smallest absolute Gasteiger partial charge is 0.320 e. The Labute approximate surface area is 105 Å².